The quantitative estimate of drug-likeness (QED) is 0.265. The molecule has 0 bridgehead atoms. The lowest BCUT2D eigenvalue weighted by Crippen LogP contribution is -2.30. The number of halogens is 1. The Hall–Kier alpha value is -2.16. The molecule has 0 aliphatic carbocycles. The Balaban J connectivity index is 3.41. The molecule has 0 spiro atoms. The number of ether oxygens (including phenoxy) is 3. The predicted molar refractivity (Wildman–Crippen MR) is 78.4 cm³/mol. The van der Waals surface area contributed by atoms with Crippen molar-refractivity contribution < 1.29 is 19.1 Å². The van der Waals surface area contributed by atoms with Gasteiger partial charge in [0.2, 0.25) is 5.75 Å². The zero-order valence-corrected chi connectivity index (χ0v) is 12.8. The van der Waals surface area contributed by atoms with Crippen LogP contribution in [0, 0.1) is 5.21 Å². The normalized spacial score (nSPS) is 10.4. The molecule has 0 heterocycles. The number of nitrogens with zero attached hydrogens (tertiary/aromatic N) is 2. The van der Waals surface area contributed by atoms with Gasteiger partial charge >= 0.3 is 5.96 Å². The van der Waals surface area contributed by atoms with Crippen LogP contribution in [0.4, 0.5) is 0 Å². The molecule has 0 unspecified atom stereocenters. The van der Waals surface area contributed by atoms with Crippen LogP contribution < -0.4 is 25.7 Å². The van der Waals surface area contributed by atoms with Crippen LogP contribution in [0.2, 0.25) is 0 Å². The molecule has 0 saturated carbocycles. The van der Waals surface area contributed by atoms with Crippen molar-refractivity contribution in [3.63, 3.8) is 0 Å². The number of rotatable bonds is 5. The number of methoxy groups -OCH3 is 3. The smallest absolute Gasteiger partial charge is 0.366 e. The first-order valence-corrected chi connectivity index (χ1v) is 6.13. The van der Waals surface area contributed by atoms with Crippen LogP contribution in [0.15, 0.2) is 15.6 Å². The van der Waals surface area contributed by atoms with Crippen LogP contribution in [-0.2, 0) is 0 Å². The van der Waals surface area contributed by atoms with E-state index < -0.39 is 5.96 Å². The molecular formula is C11H15BrN4O4. The van der Waals surface area contributed by atoms with Crippen LogP contribution in [0.5, 0.6) is 17.2 Å². The number of hydrazone groups is 1. The third-order valence-corrected chi connectivity index (χ3v) is 2.90. The lowest BCUT2D eigenvalue weighted by molar-refractivity contribution is -0.463. The Morgan fingerprint density at radius 1 is 1.20 bits per heavy atom. The van der Waals surface area contributed by atoms with Gasteiger partial charge in [-0.3, -0.25) is 11.5 Å². The van der Waals surface area contributed by atoms with Gasteiger partial charge in [-0.15, -0.1) is 9.95 Å². The highest BCUT2D eigenvalue weighted by molar-refractivity contribution is 9.10. The number of guanidine groups is 1. The minimum atomic E-state index is -0.472. The van der Waals surface area contributed by atoms with Gasteiger partial charge in [0.05, 0.1) is 32.0 Å². The van der Waals surface area contributed by atoms with E-state index in [0.29, 0.717) is 27.3 Å². The summed E-state index contributed by atoms with van der Waals surface area (Å²) in [6.45, 7) is 0. The highest BCUT2D eigenvalue weighted by atomic mass is 79.9. The van der Waals surface area contributed by atoms with Crippen molar-refractivity contribution in [3.05, 3.63) is 21.3 Å². The molecule has 0 fully saturated rings. The Kier molecular flexibility index (Phi) is 5.44. The third-order valence-electron chi connectivity index (χ3n) is 2.31. The van der Waals surface area contributed by atoms with E-state index in [2.05, 4.69) is 21.0 Å². The largest absolute Gasteiger partial charge is 0.722 e. The second-order valence-electron chi connectivity index (χ2n) is 3.49. The molecule has 4 N–H and O–H groups in total. The van der Waals surface area contributed by atoms with Gasteiger partial charge in [-0.2, -0.15) is 0 Å². The van der Waals surface area contributed by atoms with Gasteiger partial charge in [0.25, 0.3) is 0 Å². The topological polar surface area (TPSA) is 118 Å². The van der Waals surface area contributed by atoms with Gasteiger partial charge in [0.1, 0.15) is 0 Å². The third kappa shape index (κ3) is 3.23. The average molecular weight is 347 g/mol. The van der Waals surface area contributed by atoms with E-state index in [1.807, 2.05) is 0 Å². The molecule has 9 heteroatoms. The number of hydrogen-bond acceptors (Lipinski definition) is 5. The summed E-state index contributed by atoms with van der Waals surface area (Å²) in [5.41, 5.74) is 10.7. The molecule has 0 atom stereocenters. The van der Waals surface area contributed by atoms with Crippen LogP contribution in [-0.4, -0.2) is 38.4 Å². The Morgan fingerprint density at radius 3 is 2.20 bits per heavy atom. The van der Waals surface area contributed by atoms with Gasteiger partial charge in [-0.05, 0) is 22.0 Å². The molecule has 0 aromatic heterocycles. The Bertz CT molecular complexity index is 556. The van der Waals surface area contributed by atoms with Crippen molar-refractivity contribution in [1.82, 2.24) is 0 Å². The standard InChI is InChI=1S/C11H15BrN4O4/c1-18-8-6(5-15-16(17)11(13)14)4-7(12)9(19-2)10(8)20-3/h4-5H,13-14H2,1-3H3/b15-5+. The summed E-state index contributed by atoms with van der Waals surface area (Å²) >= 11 is 3.33. The minimum absolute atomic E-state index is 0.0874. The fourth-order valence-corrected chi connectivity index (χ4v) is 2.06. The maximum atomic E-state index is 11.2. The van der Waals surface area contributed by atoms with Gasteiger partial charge in [0, 0.05) is 5.56 Å². The van der Waals surface area contributed by atoms with Crippen LogP contribution in [0.25, 0.3) is 0 Å². The number of nitrogens with two attached hydrogens (primary N) is 2. The molecule has 1 rings (SSSR count). The monoisotopic (exact) mass is 346 g/mol. The van der Waals surface area contributed by atoms with Gasteiger partial charge in [0.15, 0.2) is 11.5 Å². The highest BCUT2D eigenvalue weighted by Gasteiger charge is 2.18. The molecule has 1 aromatic carbocycles. The van der Waals surface area contributed by atoms with E-state index in [9.17, 15) is 5.21 Å². The fraction of sp³-hybridized carbons (Fsp3) is 0.273. The summed E-state index contributed by atoms with van der Waals surface area (Å²) < 4.78 is 16.3. The summed E-state index contributed by atoms with van der Waals surface area (Å²) in [5.74, 6) is 0.721. The predicted octanol–water partition coefficient (Wildman–Crippen LogP) is 0.593. The molecule has 0 aliphatic heterocycles. The SMILES string of the molecule is COc1c(Br)cc(/C=N/[N+]([O-])=C(N)N)c(OC)c1OC. The van der Waals surface area contributed by atoms with Crippen LogP contribution >= 0.6 is 15.9 Å². The first kappa shape index (κ1) is 15.9. The molecule has 1 aromatic rings. The van der Waals surface area contributed by atoms with Gasteiger partial charge in [-0.25, -0.2) is 0 Å². The summed E-state index contributed by atoms with van der Waals surface area (Å²) in [6, 6.07) is 1.66. The first-order valence-electron chi connectivity index (χ1n) is 5.33. The molecule has 8 nitrogen and oxygen atoms in total. The lowest BCUT2D eigenvalue weighted by Gasteiger charge is -2.15. The molecule has 0 saturated heterocycles. The van der Waals surface area contributed by atoms with E-state index in [4.69, 9.17) is 25.7 Å². The molecule has 0 amide bonds. The van der Waals surface area contributed by atoms with Crippen LogP contribution in [0.1, 0.15) is 5.56 Å². The number of benzene rings is 1. The van der Waals surface area contributed by atoms with Crippen molar-refractivity contribution in [3.8, 4) is 17.2 Å². The summed E-state index contributed by atoms with van der Waals surface area (Å²) in [7, 11) is 4.43. The zero-order valence-electron chi connectivity index (χ0n) is 11.2. The van der Waals surface area contributed by atoms with E-state index in [1.54, 1.807) is 6.07 Å². The van der Waals surface area contributed by atoms with Crippen molar-refractivity contribution in [1.29, 1.82) is 0 Å². The lowest BCUT2D eigenvalue weighted by atomic mass is 10.2. The van der Waals surface area contributed by atoms with E-state index in [-0.39, 0.29) is 4.85 Å². The molecular weight excluding hydrogens is 332 g/mol. The highest BCUT2D eigenvalue weighted by Crippen LogP contribution is 2.44. The first-order chi connectivity index (χ1) is 9.46. The van der Waals surface area contributed by atoms with Crippen LogP contribution in [0.3, 0.4) is 0 Å². The Morgan fingerprint density at radius 2 is 1.75 bits per heavy atom. The summed E-state index contributed by atoms with van der Waals surface area (Å²) in [5, 5.41) is 14.7. The van der Waals surface area contributed by atoms with E-state index in [1.165, 1.54) is 27.5 Å². The van der Waals surface area contributed by atoms with Gasteiger partial charge < -0.3 is 19.4 Å². The minimum Gasteiger partial charge on any atom is -0.722 e. The fourth-order valence-electron chi connectivity index (χ4n) is 1.47. The van der Waals surface area contributed by atoms with E-state index >= 15 is 0 Å². The average Bonchev–Trinajstić information content (AvgIpc) is 2.43. The van der Waals surface area contributed by atoms with Crippen molar-refractivity contribution >= 4 is 28.1 Å². The van der Waals surface area contributed by atoms with E-state index in [0.717, 1.165) is 0 Å². The second-order valence-corrected chi connectivity index (χ2v) is 4.34. The van der Waals surface area contributed by atoms with Crippen molar-refractivity contribution in [2.45, 2.75) is 0 Å². The maximum Gasteiger partial charge on any atom is 0.366 e. The van der Waals surface area contributed by atoms with Crippen molar-refractivity contribution in [2.75, 3.05) is 21.3 Å². The molecule has 20 heavy (non-hydrogen) atoms. The number of hydrogen-bond donors (Lipinski definition) is 2. The molecule has 0 radical (unpaired) electrons. The molecule has 0 aliphatic rings. The zero-order chi connectivity index (χ0) is 15.3. The maximum absolute atomic E-state index is 11.2. The second kappa shape index (κ2) is 6.85. The summed E-state index contributed by atoms with van der Waals surface area (Å²) in [6.07, 6.45) is 1.25. The Labute approximate surface area is 124 Å². The molecule has 110 valence electrons. The van der Waals surface area contributed by atoms with Crippen molar-refractivity contribution in [2.24, 2.45) is 16.6 Å². The van der Waals surface area contributed by atoms with Gasteiger partial charge in [-0.1, -0.05) is 0 Å². The summed E-state index contributed by atoms with van der Waals surface area (Å²) in [4.78, 5) is 0.0874.